The molecule has 2 heterocycles. The van der Waals surface area contributed by atoms with Crippen LogP contribution in [0.5, 0.6) is 0 Å². The molecule has 9 heteroatoms. The number of fused-ring (bicyclic) bond motifs is 1. The highest BCUT2D eigenvalue weighted by atomic mass is 16.5. The number of nitrogens with one attached hydrogen (secondary N) is 3. The van der Waals surface area contributed by atoms with E-state index in [1.807, 2.05) is 17.7 Å². The molecule has 0 fully saturated rings. The normalized spacial score (nSPS) is 15.8. The minimum absolute atomic E-state index is 0.00506. The zero-order valence-electron chi connectivity index (χ0n) is 17.3. The molecule has 3 N–H and O–H groups in total. The standard InChI is InChI=1S/C21H27N7O2/c1-4-15-7-6-8-16(11-15)24-20(29)12-23-21(22-5-2)25-17-9-10-19-26-18(14-30-3)27-28(19)13-17/h1,6-8,11,17H,5,9-10,12-14H2,2-3H3,(H,24,29)(H2,22,23,25). The minimum atomic E-state index is -0.215. The van der Waals surface area contributed by atoms with Gasteiger partial charge in [0.1, 0.15) is 19.0 Å². The molecule has 9 nitrogen and oxygen atoms in total. The summed E-state index contributed by atoms with van der Waals surface area (Å²) in [5.41, 5.74) is 1.37. The number of benzene rings is 1. The van der Waals surface area contributed by atoms with Gasteiger partial charge in [-0.15, -0.1) is 6.42 Å². The first-order valence-electron chi connectivity index (χ1n) is 9.94. The average Bonchev–Trinajstić information content (AvgIpc) is 3.14. The molecule has 1 aromatic heterocycles. The van der Waals surface area contributed by atoms with Gasteiger partial charge in [0, 0.05) is 37.4 Å². The summed E-state index contributed by atoms with van der Waals surface area (Å²) >= 11 is 0. The van der Waals surface area contributed by atoms with Gasteiger partial charge < -0.3 is 20.7 Å². The van der Waals surface area contributed by atoms with Gasteiger partial charge in [0.05, 0.1) is 6.54 Å². The summed E-state index contributed by atoms with van der Waals surface area (Å²) in [5.74, 6) is 4.59. The molecule has 1 unspecified atom stereocenters. The number of nitrogens with zero attached hydrogens (tertiary/aromatic N) is 4. The fraction of sp³-hybridized carbons (Fsp3) is 0.429. The van der Waals surface area contributed by atoms with Crippen molar-refractivity contribution in [3.05, 3.63) is 41.5 Å². The highest BCUT2D eigenvalue weighted by molar-refractivity contribution is 5.94. The van der Waals surface area contributed by atoms with E-state index in [0.29, 0.717) is 42.7 Å². The molecule has 1 aliphatic rings. The molecule has 1 atom stereocenters. The zero-order chi connectivity index (χ0) is 21.3. The van der Waals surface area contributed by atoms with E-state index >= 15 is 0 Å². The molecular weight excluding hydrogens is 382 g/mol. The largest absolute Gasteiger partial charge is 0.377 e. The van der Waals surface area contributed by atoms with Crippen molar-refractivity contribution in [2.75, 3.05) is 25.5 Å². The highest BCUT2D eigenvalue weighted by Gasteiger charge is 2.22. The summed E-state index contributed by atoms with van der Waals surface area (Å²) < 4.78 is 7.02. The molecular formula is C21H27N7O2. The third kappa shape index (κ3) is 5.81. The third-order valence-corrected chi connectivity index (χ3v) is 4.55. The molecule has 0 saturated heterocycles. The van der Waals surface area contributed by atoms with Crippen LogP contribution in [0.3, 0.4) is 0 Å². The number of aliphatic imine (C=N–C) groups is 1. The number of carbonyl (C=O) groups excluding carboxylic acids is 1. The van der Waals surface area contributed by atoms with Crippen molar-refractivity contribution < 1.29 is 9.53 Å². The monoisotopic (exact) mass is 409 g/mol. The lowest BCUT2D eigenvalue weighted by Crippen LogP contribution is -2.47. The number of rotatable bonds is 7. The van der Waals surface area contributed by atoms with E-state index in [-0.39, 0.29) is 18.5 Å². The Kier molecular flexibility index (Phi) is 7.40. The van der Waals surface area contributed by atoms with Crippen LogP contribution in [0.15, 0.2) is 29.3 Å². The highest BCUT2D eigenvalue weighted by Crippen LogP contribution is 2.13. The Balaban J connectivity index is 1.57. The van der Waals surface area contributed by atoms with Gasteiger partial charge in [-0.05, 0) is 31.5 Å². The van der Waals surface area contributed by atoms with Crippen molar-refractivity contribution in [1.29, 1.82) is 0 Å². The van der Waals surface area contributed by atoms with Crippen molar-refractivity contribution >= 4 is 17.6 Å². The molecule has 3 rings (SSSR count). The van der Waals surface area contributed by atoms with Crippen LogP contribution in [-0.2, 0) is 29.1 Å². The zero-order valence-corrected chi connectivity index (χ0v) is 17.3. The number of amides is 1. The van der Waals surface area contributed by atoms with Gasteiger partial charge in [-0.3, -0.25) is 4.79 Å². The fourth-order valence-corrected chi connectivity index (χ4v) is 3.22. The number of carbonyl (C=O) groups is 1. The number of methoxy groups -OCH3 is 1. The van der Waals surface area contributed by atoms with Crippen LogP contribution in [0, 0.1) is 12.3 Å². The van der Waals surface area contributed by atoms with Crippen LogP contribution in [0.25, 0.3) is 0 Å². The molecule has 1 aromatic carbocycles. The molecule has 0 saturated carbocycles. The summed E-state index contributed by atoms with van der Waals surface area (Å²) in [5, 5.41) is 13.9. The lowest BCUT2D eigenvalue weighted by Gasteiger charge is -2.25. The Morgan fingerprint density at radius 1 is 1.47 bits per heavy atom. The molecule has 0 spiro atoms. The van der Waals surface area contributed by atoms with Crippen molar-refractivity contribution in [2.24, 2.45) is 4.99 Å². The van der Waals surface area contributed by atoms with E-state index in [1.165, 1.54) is 0 Å². The number of aryl methyl sites for hydroxylation is 1. The molecule has 1 amide bonds. The first kappa shape index (κ1) is 21.3. The number of aromatic nitrogens is 3. The Labute approximate surface area is 176 Å². The molecule has 158 valence electrons. The molecule has 1 aliphatic heterocycles. The first-order chi connectivity index (χ1) is 14.6. The second kappa shape index (κ2) is 10.4. The molecule has 0 aliphatic carbocycles. The third-order valence-electron chi connectivity index (χ3n) is 4.55. The summed E-state index contributed by atoms with van der Waals surface area (Å²) in [7, 11) is 1.63. The summed E-state index contributed by atoms with van der Waals surface area (Å²) in [6.45, 7) is 3.75. The van der Waals surface area contributed by atoms with E-state index in [1.54, 1.807) is 25.3 Å². The molecule has 0 bridgehead atoms. The maximum Gasteiger partial charge on any atom is 0.246 e. The van der Waals surface area contributed by atoms with Gasteiger partial charge >= 0.3 is 0 Å². The first-order valence-corrected chi connectivity index (χ1v) is 9.94. The number of anilines is 1. The molecule has 2 aromatic rings. The van der Waals surface area contributed by atoms with Crippen molar-refractivity contribution in [3.8, 4) is 12.3 Å². The smallest absolute Gasteiger partial charge is 0.246 e. The second-order valence-corrected chi connectivity index (χ2v) is 6.91. The predicted molar refractivity (Wildman–Crippen MR) is 115 cm³/mol. The van der Waals surface area contributed by atoms with Gasteiger partial charge in [0.2, 0.25) is 5.91 Å². The van der Waals surface area contributed by atoms with Crippen molar-refractivity contribution in [2.45, 2.75) is 39.0 Å². The van der Waals surface area contributed by atoms with Gasteiger partial charge in [0.25, 0.3) is 0 Å². The second-order valence-electron chi connectivity index (χ2n) is 6.91. The Morgan fingerprint density at radius 2 is 2.33 bits per heavy atom. The van der Waals surface area contributed by atoms with Crippen molar-refractivity contribution in [3.63, 3.8) is 0 Å². The maximum atomic E-state index is 12.3. The topological polar surface area (TPSA) is 105 Å². The van der Waals surface area contributed by atoms with E-state index in [0.717, 1.165) is 18.7 Å². The average molecular weight is 409 g/mol. The molecule has 30 heavy (non-hydrogen) atoms. The fourth-order valence-electron chi connectivity index (χ4n) is 3.22. The lowest BCUT2D eigenvalue weighted by atomic mass is 10.1. The Bertz CT molecular complexity index is 945. The SMILES string of the molecule is C#Cc1cccc(NC(=O)CN=C(NCC)NC2CCc3nc(COC)nn3C2)c1. The van der Waals surface area contributed by atoms with Crippen LogP contribution in [0.4, 0.5) is 5.69 Å². The Morgan fingerprint density at radius 3 is 3.10 bits per heavy atom. The lowest BCUT2D eigenvalue weighted by molar-refractivity contribution is -0.114. The number of hydrogen-bond donors (Lipinski definition) is 3. The summed E-state index contributed by atoms with van der Waals surface area (Å²) in [6.07, 6.45) is 7.12. The van der Waals surface area contributed by atoms with Gasteiger partial charge in [-0.2, -0.15) is 5.10 Å². The summed E-state index contributed by atoms with van der Waals surface area (Å²) in [6, 6.07) is 7.30. The van der Waals surface area contributed by atoms with Crippen LogP contribution < -0.4 is 16.0 Å². The number of terminal acetylenes is 1. The predicted octanol–water partition coefficient (Wildman–Crippen LogP) is 0.914. The van der Waals surface area contributed by atoms with Gasteiger partial charge in [-0.1, -0.05) is 12.0 Å². The van der Waals surface area contributed by atoms with Crippen LogP contribution >= 0.6 is 0 Å². The number of hydrogen-bond acceptors (Lipinski definition) is 5. The van der Waals surface area contributed by atoms with Crippen LogP contribution in [0.2, 0.25) is 0 Å². The summed E-state index contributed by atoms with van der Waals surface area (Å²) in [4.78, 5) is 21.2. The van der Waals surface area contributed by atoms with E-state index in [9.17, 15) is 4.79 Å². The Hall–Kier alpha value is -3.38. The number of guanidine groups is 1. The van der Waals surface area contributed by atoms with Gasteiger partial charge in [0.15, 0.2) is 11.8 Å². The number of ether oxygens (including phenoxy) is 1. The van der Waals surface area contributed by atoms with Crippen molar-refractivity contribution in [1.82, 2.24) is 25.4 Å². The van der Waals surface area contributed by atoms with E-state index < -0.39 is 0 Å². The molecule has 0 radical (unpaired) electrons. The van der Waals surface area contributed by atoms with Crippen LogP contribution in [0.1, 0.15) is 30.6 Å². The minimum Gasteiger partial charge on any atom is -0.377 e. The van der Waals surface area contributed by atoms with Gasteiger partial charge in [-0.25, -0.2) is 14.7 Å². The maximum absolute atomic E-state index is 12.3. The quantitative estimate of drug-likeness (QED) is 0.357. The van der Waals surface area contributed by atoms with Crippen LogP contribution in [-0.4, -0.2) is 52.9 Å². The van der Waals surface area contributed by atoms with E-state index in [2.05, 4.69) is 36.9 Å². The van der Waals surface area contributed by atoms with E-state index in [4.69, 9.17) is 11.2 Å².